The molecule has 2 aliphatic rings. The molecule has 0 fully saturated rings. The summed E-state index contributed by atoms with van der Waals surface area (Å²) in [5.41, 5.74) is 1.32. The van der Waals surface area contributed by atoms with Crippen LogP contribution in [0.2, 0.25) is 6.04 Å². The van der Waals surface area contributed by atoms with E-state index < -0.39 is 8.07 Å². The molecule has 0 spiro atoms. The molecule has 0 bridgehead atoms. The fraction of sp³-hybridized carbons (Fsp3) is 0.474. The van der Waals surface area contributed by atoms with Crippen LogP contribution in [0.15, 0.2) is 42.5 Å². The summed E-state index contributed by atoms with van der Waals surface area (Å²) in [5.74, 6) is 0.516. The van der Waals surface area contributed by atoms with Gasteiger partial charge >= 0.3 is 0 Å². The molecule has 2 atom stereocenters. The van der Waals surface area contributed by atoms with E-state index in [1.165, 1.54) is 87.3 Å². The summed E-state index contributed by atoms with van der Waals surface area (Å²) in [4.78, 5) is 36.5. The molecule has 4 aromatic rings. The monoisotopic (exact) mass is 673 g/mol. The summed E-state index contributed by atoms with van der Waals surface area (Å²) in [6.07, 6.45) is 11.8. The molecule has 0 aliphatic carbocycles. The number of carbonyl (C=O) groups excluding carboxylic acids is 2. The lowest BCUT2D eigenvalue weighted by molar-refractivity contribution is 0.0651. The van der Waals surface area contributed by atoms with Gasteiger partial charge in [-0.3, -0.25) is 14.5 Å². The highest BCUT2D eigenvalue weighted by Crippen LogP contribution is 2.48. The molecule has 7 heteroatoms. The maximum atomic E-state index is 13.9. The Labute approximate surface area is 282 Å². The third kappa shape index (κ3) is 5.77. The number of hydrogen-bond donors (Lipinski definition) is 0. The summed E-state index contributed by atoms with van der Waals surface area (Å²) in [6, 6.07) is 17.6. The first kappa shape index (κ1) is 32.6. The minimum atomic E-state index is -2.31. The van der Waals surface area contributed by atoms with Crippen LogP contribution < -0.4 is 15.6 Å². The number of carbonyl (C=O) groups is 2. The predicted octanol–water partition coefficient (Wildman–Crippen LogP) is 9.78. The highest BCUT2D eigenvalue weighted by Gasteiger charge is 2.51. The van der Waals surface area contributed by atoms with E-state index >= 15 is 0 Å². The van der Waals surface area contributed by atoms with Crippen LogP contribution in [0, 0.1) is 19.8 Å². The molecule has 3 aromatic heterocycles. The van der Waals surface area contributed by atoms with Crippen LogP contribution in [-0.4, -0.2) is 31.3 Å². The smallest absolute Gasteiger partial charge is 0.263 e. The van der Waals surface area contributed by atoms with Crippen LogP contribution in [0.3, 0.4) is 0 Å². The van der Waals surface area contributed by atoms with Crippen LogP contribution in [0.1, 0.15) is 115 Å². The number of benzene rings is 1. The number of aryl methyl sites for hydroxylation is 2. The Hall–Kier alpha value is -2.32. The van der Waals surface area contributed by atoms with Crippen molar-refractivity contribution >= 4 is 69.5 Å². The van der Waals surface area contributed by atoms with E-state index in [9.17, 15) is 9.59 Å². The average molecular weight is 674 g/mol. The lowest BCUT2D eigenvalue weighted by atomic mass is 10.0. The SMILES string of the molecule is CCCCCCCCN1C(=O)c2c(C)sc(-c3cc4c(s3)-c3sc(C)cc3[Si]4(CC(CC)CCCC)c3ccccc3)c2C1=O. The molecule has 0 saturated carbocycles. The molecule has 0 N–H and O–H groups in total. The van der Waals surface area contributed by atoms with Gasteiger partial charge < -0.3 is 0 Å². The van der Waals surface area contributed by atoms with Gasteiger partial charge in [0, 0.05) is 30.9 Å². The number of imide groups is 1. The Morgan fingerprint density at radius 1 is 0.733 bits per heavy atom. The van der Waals surface area contributed by atoms with Crippen molar-refractivity contribution < 1.29 is 9.59 Å². The molecule has 5 heterocycles. The van der Waals surface area contributed by atoms with Crippen LogP contribution in [-0.2, 0) is 0 Å². The quantitative estimate of drug-likeness (QED) is 0.0716. The zero-order valence-electron chi connectivity index (χ0n) is 27.6. The van der Waals surface area contributed by atoms with Gasteiger partial charge in [0.15, 0.2) is 8.07 Å². The van der Waals surface area contributed by atoms with Crippen molar-refractivity contribution in [1.82, 2.24) is 4.90 Å². The third-order valence-electron chi connectivity index (χ3n) is 10.1. The standard InChI is InChI=1S/C38H47NO2S3Si/c1-6-9-11-12-13-17-21-39-37(40)32-26(5)43-34(33(32)38(39)41)29-23-31-36(44-29)35-30(22-25(4)42-35)45(31,28-19-15-14-16-20-28)24-27(8-3)18-10-7-2/h14-16,19-20,22-23,27H,6-13,17-18,21,24H2,1-5H3. The van der Waals surface area contributed by atoms with Gasteiger partial charge in [0.25, 0.3) is 11.8 Å². The van der Waals surface area contributed by atoms with E-state index in [1.807, 2.05) is 29.6 Å². The molecule has 2 aliphatic heterocycles. The minimum Gasteiger partial charge on any atom is -0.274 e. The molecular weight excluding hydrogens is 627 g/mol. The van der Waals surface area contributed by atoms with Crippen LogP contribution in [0.25, 0.3) is 19.5 Å². The minimum absolute atomic E-state index is 0.0821. The molecule has 0 radical (unpaired) electrons. The molecule has 6 rings (SSSR count). The summed E-state index contributed by atoms with van der Waals surface area (Å²) >= 11 is 5.46. The molecule has 45 heavy (non-hydrogen) atoms. The number of thiophene rings is 3. The zero-order valence-corrected chi connectivity index (χ0v) is 31.0. The lowest BCUT2D eigenvalue weighted by Crippen LogP contribution is -2.65. The van der Waals surface area contributed by atoms with Crippen molar-refractivity contribution in [3.63, 3.8) is 0 Å². The first-order valence-electron chi connectivity index (χ1n) is 17.2. The average Bonchev–Trinajstić information content (AvgIpc) is 3.83. The van der Waals surface area contributed by atoms with Crippen LogP contribution >= 0.6 is 34.0 Å². The summed E-state index contributed by atoms with van der Waals surface area (Å²) in [5, 5.41) is 4.64. The van der Waals surface area contributed by atoms with E-state index in [-0.39, 0.29) is 11.8 Å². The number of amides is 2. The Bertz CT molecular complexity index is 1680. The lowest BCUT2D eigenvalue weighted by Gasteiger charge is -2.33. The highest BCUT2D eigenvalue weighted by molar-refractivity contribution is 7.33. The van der Waals surface area contributed by atoms with Gasteiger partial charge in [0.05, 0.1) is 16.0 Å². The maximum absolute atomic E-state index is 13.9. The van der Waals surface area contributed by atoms with E-state index in [4.69, 9.17) is 0 Å². The van der Waals surface area contributed by atoms with Gasteiger partial charge in [-0.05, 0) is 59.9 Å². The van der Waals surface area contributed by atoms with Crippen LogP contribution in [0.5, 0.6) is 0 Å². The second kappa shape index (κ2) is 13.8. The second-order valence-corrected chi connectivity index (χ2v) is 20.5. The highest BCUT2D eigenvalue weighted by atomic mass is 32.1. The topological polar surface area (TPSA) is 37.4 Å². The summed E-state index contributed by atoms with van der Waals surface area (Å²) in [6.45, 7) is 11.7. The number of nitrogens with zero attached hydrogens (tertiary/aromatic N) is 1. The van der Waals surface area contributed by atoms with Crippen molar-refractivity contribution in [3.8, 4) is 19.5 Å². The number of hydrogen-bond acceptors (Lipinski definition) is 5. The van der Waals surface area contributed by atoms with Crippen molar-refractivity contribution in [2.24, 2.45) is 5.92 Å². The van der Waals surface area contributed by atoms with Crippen molar-refractivity contribution in [2.75, 3.05) is 6.54 Å². The van der Waals surface area contributed by atoms with Gasteiger partial charge in [0.1, 0.15) is 0 Å². The Balaban J connectivity index is 1.41. The van der Waals surface area contributed by atoms with Gasteiger partial charge in [-0.1, -0.05) is 109 Å². The predicted molar refractivity (Wildman–Crippen MR) is 198 cm³/mol. The maximum Gasteiger partial charge on any atom is 0.263 e. The van der Waals surface area contributed by atoms with E-state index in [2.05, 4.69) is 70.2 Å². The molecule has 238 valence electrons. The molecule has 2 amide bonds. The molecule has 0 saturated heterocycles. The van der Waals surface area contributed by atoms with Gasteiger partial charge in [-0.25, -0.2) is 0 Å². The molecular formula is C38H47NO2S3Si. The molecule has 1 aromatic carbocycles. The number of fused-ring (bicyclic) bond motifs is 4. The van der Waals surface area contributed by atoms with Gasteiger partial charge in [-0.2, -0.15) is 0 Å². The first-order chi connectivity index (χ1) is 21.8. The van der Waals surface area contributed by atoms with Crippen molar-refractivity contribution in [3.05, 3.63) is 63.3 Å². The summed E-state index contributed by atoms with van der Waals surface area (Å²) < 4.78 is 0. The second-order valence-electron chi connectivity index (χ2n) is 13.1. The Morgan fingerprint density at radius 2 is 1.40 bits per heavy atom. The van der Waals surface area contributed by atoms with Crippen molar-refractivity contribution in [1.29, 1.82) is 0 Å². The first-order valence-corrected chi connectivity index (χ1v) is 21.8. The van der Waals surface area contributed by atoms with Gasteiger partial charge in [0.2, 0.25) is 0 Å². The molecule has 3 nitrogen and oxygen atoms in total. The third-order valence-corrected chi connectivity index (χ3v) is 19.2. The Morgan fingerprint density at radius 3 is 2.13 bits per heavy atom. The molecule has 2 unspecified atom stereocenters. The van der Waals surface area contributed by atoms with E-state index in [0.29, 0.717) is 23.6 Å². The van der Waals surface area contributed by atoms with Crippen molar-refractivity contribution in [2.45, 2.75) is 105 Å². The summed E-state index contributed by atoms with van der Waals surface area (Å²) in [7, 11) is -2.31. The number of unbranched alkanes of at least 4 members (excludes halogenated alkanes) is 6. The van der Waals surface area contributed by atoms with E-state index in [1.54, 1.807) is 21.4 Å². The Kier molecular flexibility index (Phi) is 10.0. The zero-order chi connectivity index (χ0) is 31.7. The van der Waals surface area contributed by atoms with E-state index in [0.717, 1.165) is 22.6 Å². The fourth-order valence-corrected chi connectivity index (χ4v) is 18.4. The van der Waals surface area contributed by atoms with Crippen LogP contribution in [0.4, 0.5) is 0 Å². The fourth-order valence-electron chi connectivity index (χ4n) is 7.68. The normalized spacial score (nSPS) is 17.7. The van der Waals surface area contributed by atoms with Gasteiger partial charge in [-0.15, -0.1) is 34.0 Å². The largest absolute Gasteiger partial charge is 0.274 e. The number of rotatable bonds is 15.